The van der Waals surface area contributed by atoms with Crippen LogP contribution in [0.3, 0.4) is 0 Å². The summed E-state index contributed by atoms with van der Waals surface area (Å²) in [6, 6.07) is 0. The molecule has 0 amide bonds. The maximum atomic E-state index is 12.9. The maximum absolute atomic E-state index is 12.9. The lowest BCUT2D eigenvalue weighted by Crippen LogP contribution is -2.37. The highest BCUT2D eigenvalue weighted by molar-refractivity contribution is 7.45. The zero-order chi connectivity index (χ0) is 69.7. The molecule has 0 aliphatic heterocycles. The molecule has 0 saturated heterocycles. The van der Waals surface area contributed by atoms with Crippen molar-refractivity contribution >= 4 is 19.8 Å². The van der Waals surface area contributed by atoms with E-state index < -0.39 is 26.5 Å². The Morgan fingerprint density at radius 3 is 0.896 bits per heavy atom. The molecule has 0 aliphatic rings. The first kappa shape index (κ1) is 91.6. The third kappa shape index (κ3) is 78.6. The second-order valence-electron chi connectivity index (χ2n) is 27.0. The summed E-state index contributed by atoms with van der Waals surface area (Å²) in [7, 11) is 1.14. The molecule has 0 heterocycles. The van der Waals surface area contributed by atoms with Gasteiger partial charge in [0.2, 0.25) is 0 Å². The predicted molar refractivity (Wildman–Crippen MR) is 415 cm³/mol. The molecule has 0 spiro atoms. The van der Waals surface area contributed by atoms with Crippen molar-refractivity contribution in [1.29, 1.82) is 0 Å². The zero-order valence-electron chi connectivity index (χ0n) is 62.5. The molecule has 548 valence electrons. The topological polar surface area (TPSA) is 111 Å². The highest BCUT2D eigenvalue weighted by atomic mass is 31.2. The summed E-state index contributed by atoms with van der Waals surface area (Å²) in [6.45, 7) is 4.11. The molecule has 0 fully saturated rings. The summed E-state index contributed by atoms with van der Waals surface area (Å²) >= 11 is 0. The van der Waals surface area contributed by atoms with Crippen molar-refractivity contribution in [2.75, 3.05) is 47.5 Å². The number of unbranched alkanes of at least 4 members (excludes halogenated alkanes) is 31. The molecule has 0 N–H and O–H groups in total. The van der Waals surface area contributed by atoms with E-state index in [1.165, 1.54) is 167 Å². The summed E-state index contributed by atoms with van der Waals surface area (Å²) in [6.07, 6.45) is 112. The number of nitrogens with zero attached hydrogens (tertiary/aromatic N) is 1. The molecule has 0 rings (SSSR count). The summed E-state index contributed by atoms with van der Waals surface area (Å²) in [4.78, 5) is 38.1. The van der Waals surface area contributed by atoms with E-state index in [-0.39, 0.29) is 32.0 Å². The smallest absolute Gasteiger partial charge is 0.306 e. The average Bonchev–Trinajstić information content (AvgIpc) is 2.54. The number of carbonyl (C=O) groups is 2. The molecule has 0 aromatic rings. The molecule has 2 unspecified atom stereocenters. The predicted octanol–water partition coefficient (Wildman–Crippen LogP) is 25.6. The number of hydrogen-bond donors (Lipinski definition) is 0. The largest absolute Gasteiger partial charge is 0.756 e. The Morgan fingerprint density at radius 1 is 0.333 bits per heavy atom. The van der Waals surface area contributed by atoms with Crippen molar-refractivity contribution in [3.63, 3.8) is 0 Å². The van der Waals surface area contributed by atoms with Crippen LogP contribution in [0, 0.1) is 0 Å². The molecule has 0 radical (unpaired) electrons. The van der Waals surface area contributed by atoms with Gasteiger partial charge in [-0.05, 0) is 128 Å². The Morgan fingerprint density at radius 2 is 0.594 bits per heavy atom. The van der Waals surface area contributed by atoms with Crippen molar-refractivity contribution in [1.82, 2.24) is 0 Å². The van der Waals surface area contributed by atoms with Crippen LogP contribution in [0.1, 0.15) is 322 Å². The van der Waals surface area contributed by atoms with Gasteiger partial charge in [0.1, 0.15) is 19.8 Å². The normalized spacial score (nSPS) is 13.9. The van der Waals surface area contributed by atoms with Gasteiger partial charge in [-0.2, -0.15) is 0 Å². The number of carbonyl (C=O) groups excluding carboxylic acids is 2. The van der Waals surface area contributed by atoms with Gasteiger partial charge >= 0.3 is 11.9 Å². The van der Waals surface area contributed by atoms with E-state index in [0.717, 1.165) is 122 Å². The number of allylic oxidation sites excluding steroid dienone is 26. The van der Waals surface area contributed by atoms with E-state index in [1.54, 1.807) is 0 Å². The van der Waals surface area contributed by atoms with E-state index in [4.69, 9.17) is 18.5 Å². The first-order valence-corrected chi connectivity index (χ1v) is 40.7. The molecule has 2 atom stereocenters. The molecule has 0 aliphatic carbocycles. The van der Waals surface area contributed by atoms with Crippen LogP contribution in [0.15, 0.2) is 158 Å². The van der Waals surface area contributed by atoms with Crippen molar-refractivity contribution in [3.8, 4) is 0 Å². The summed E-state index contributed by atoms with van der Waals surface area (Å²) in [5.74, 6) is -0.862. The number of hydrogen-bond acceptors (Lipinski definition) is 8. The molecular formula is C86H146NO8P. The van der Waals surface area contributed by atoms with Gasteiger partial charge in [-0.3, -0.25) is 14.2 Å². The SMILES string of the molecule is CC/C=C\C/C=C\C/C=C\C/C=C\C/C=C\C/C=C\C/C=C\C/C=C\C/C=C\C/C=C\C/C=C\C/C=C\CCCCCCC(=O)OC(COC(=O)CCCCCCCCCCCCCCCCCCCCC/C=C\CCCCCCCCCC)COP(=O)([O-])OCC[N+](C)(C)C. The molecule has 9 nitrogen and oxygen atoms in total. The van der Waals surface area contributed by atoms with Gasteiger partial charge in [0.15, 0.2) is 6.10 Å². The highest BCUT2D eigenvalue weighted by Crippen LogP contribution is 2.38. The maximum Gasteiger partial charge on any atom is 0.306 e. The van der Waals surface area contributed by atoms with Crippen LogP contribution >= 0.6 is 7.82 Å². The quantitative estimate of drug-likeness (QED) is 0.0195. The molecule has 0 aromatic heterocycles. The standard InChI is InChI=1S/C86H146NO8P/c1-6-8-10-12-14-16-18-20-22-24-26-28-30-32-34-36-38-39-40-41-42-43-44-45-46-47-49-51-53-55-57-59-61-63-65-67-69-71-73-75-77-79-86(89)95-84(83-94-96(90,91)93-81-80-87(3,4)5)82-92-85(88)78-76-74-72-70-68-66-64-62-60-58-56-54-52-50-48-37-35-33-31-29-27-25-23-21-19-17-15-13-11-9-7-2/h8,10,14,16,20,22,25-28,32,34,38-39,41-42,44-45,47,49,53,55,59,61,65,67,84H,6-7,9,11-13,15,17-19,21,23-24,29-31,33,35-37,40,43,46,48,50-52,54,56-58,60,62-64,66,68-83H2,1-5H3/b10-8-,16-14-,22-20-,27-25-,28-26-,34-32-,39-38-,42-41-,45-44-,49-47-,55-53-,61-59-,67-65-. The first-order chi connectivity index (χ1) is 47.0. The Kier molecular flexibility index (Phi) is 71.4. The van der Waals surface area contributed by atoms with Crippen LogP contribution < -0.4 is 4.89 Å². The van der Waals surface area contributed by atoms with Gasteiger partial charge in [0.25, 0.3) is 7.82 Å². The third-order valence-corrected chi connectivity index (χ3v) is 17.5. The molecule has 0 aromatic carbocycles. The van der Waals surface area contributed by atoms with Crippen molar-refractivity contribution in [2.45, 2.75) is 328 Å². The van der Waals surface area contributed by atoms with Gasteiger partial charge in [-0.25, -0.2) is 0 Å². The molecule has 96 heavy (non-hydrogen) atoms. The second kappa shape index (κ2) is 74.8. The van der Waals surface area contributed by atoms with Crippen LogP contribution in [0.2, 0.25) is 0 Å². The summed E-state index contributed by atoms with van der Waals surface area (Å²) in [5, 5.41) is 0. The minimum absolute atomic E-state index is 0.0427. The zero-order valence-corrected chi connectivity index (χ0v) is 63.4. The number of quaternary nitrogens is 1. The number of esters is 2. The van der Waals surface area contributed by atoms with Gasteiger partial charge in [0.05, 0.1) is 27.7 Å². The fraction of sp³-hybridized carbons (Fsp3) is 0.674. The molecule has 10 heteroatoms. The first-order valence-electron chi connectivity index (χ1n) is 39.2. The van der Waals surface area contributed by atoms with Crippen molar-refractivity contribution in [2.24, 2.45) is 0 Å². The fourth-order valence-electron chi connectivity index (χ4n) is 10.6. The lowest BCUT2D eigenvalue weighted by Gasteiger charge is -2.28. The van der Waals surface area contributed by atoms with E-state index in [2.05, 4.69) is 172 Å². The molecular weight excluding hydrogens is 1210 g/mol. The van der Waals surface area contributed by atoms with E-state index in [1.807, 2.05) is 21.1 Å². The second-order valence-corrected chi connectivity index (χ2v) is 28.4. The van der Waals surface area contributed by atoms with Crippen LogP contribution in [0.25, 0.3) is 0 Å². The van der Waals surface area contributed by atoms with Crippen LogP contribution in [-0.2, 0) is 32.7 Å². The number of phosphoric acid groups is 1. The number of ether oxygens (including phenoxy) is 2. The van der Waals surface area contributed by atoms with Crippen LogP contribution in [0.5, 0.6) is 0 Å². The summed E-state index contributed by atoms with van der Waals surface area (Å²) < 4.78 is 34.3. The van der Waals surface area contributed by atoms with Gasteiger partial charge in [-0.15, -0.1) is 0 Å². The number of phosphoric ester groups is 1. The van der Waals surface area contributed by atoms with Gasteiger partial charge in [0, 0.05) is 12.8 Å². The minimum Gasteiger partial charge on any atom is -0.756 e. The lowest BCUT2D eigenvalue weighted by molar-refractivity contribution is -0.870. The molecule has 0 saturated carbocycles. The summed E-state index contributed by atoms with van der Waals surface area (Å²) in [5.41, 5.74) is 0. The van der Waals surface area contributed by atoms with E-state index in [9.17, 15) is 19.0 Å². The van der Waals surface area contributed by atoms with Gasteiger partial charge in [-0.1, -0.05) is 339 Å². The van der Waals surface area contributed by atoms with Crippen LogP contribution in [-0.4, -0.2) is 70.0 Å². The van der Waals surface area contributed by atoms with E-state index in [0.29, 0.717) is 17.4 Å². The molecule has 0 bridgehead atoms. The lowest BCUT2D eigenvalue weighted by atomic mass is 10.0. The monoisotopic (exact) mass is 1350 g/mol. The Labute approximate surface area is 592 Å². The van der Waals surface area contributed by atoms with Crippen LogP contribution in [0.4, 0.5) is 0 Å². The average molecular weight is 1350 g/mol. The number of likely N-dealkylation sites (N-methyl/N-ethyl adjacent to an activating group) is 1. The Hall–Kier alpha value is -4.37. The van der Waals surface area contributed by atoms with Gasteiger partial charge < -0.3 is 27.9 Å². The van der Waals surface area contributed by atoms with Crippen molar-refractivity contribution in [3.05, 3.63) is 158 Å². The Balaban J connectivity index is 4.11. The minimum atomic E-state index is -4.66. The third-order valence-electron chi connectivity index (χ3n) is 16.5. The number of rotatable bonds is 71. The van der Waals surface area contributed by atoms with E-state index >= 15 is 0 Å². The van der Waals surface area contributed by atoms with Crippen molar-refractivity contribution < 1.29 is 42.1 Å². The highest BCUT2D eigenvalue weighted by Gasteiger charge is 2.22. The fourth-order valence-corrected chi connectivity index (χ4v) is 11.3. The Bertz CT molecular complexity index is 2180.